The van der Waals surface area contributed by atoms with Crippen molar-refractivity contribution < 1.29 is 28.6 Å². The Bertz CT molecular complexity index is 1320. The van der Waals surface area contributed by atoms with E-state index in [2.05, 4.69) is 57.2 Å². The summed E-state index contributed by atoms with van der Waals surface area (Å²) in [7, 11) is 0. The van der Waals surface area contributed by atoms with Crippen molar-refractivity contribution in [1.29, 1.82) is 0 Å². The Labute approximate surface area is 420 Å². The molecule has 0 aromatic carbocycles. The molecule has 0 aliphatic rings. The van der Waals surface area contributed by atoms with E-state index in [1.54, 1.807) is 0 Å². The Hall–Kier alpha value is -3.41. The van der Waals surface area contributed by atoms with Gasteiger partial charge in [0.1, 0.15) is 13.2 Å². The van der Waals surface area contributed by atoms with Gasteiger partial charge < -0.3 is 14.2 Å². The van der Waals surface area contributed by atoms with Gasteiger partial charge in [-0.2, -0.15) is 0 Å². The van der Waals surface area contributed by atoms with E-state index in [1.165, 1.54) is 148 Å². The van der Waals surface area contributed by atoms with Crippen LogP contribution in [0.1, 0.15) is 271 Å². The molecule has 0 aliphatic heterocycles. The van der Waals surface area contributed by atoms with Crippen molar-refractivity contribution in [2.24, 2.45) is 0 Å². The number of carbonyl (C=O) groups is 3. The molecule has 1 unspecified atom stereocenters. The van der Waals surface area contributed by atoms with Gasteiger partial charge in [0.15, 0.2) is 6.10 Å². The number of hydrogen-bond acceptors (Lipinski definition) is 6. The van der Waals surface area contributed by atoms with Crippen molar-refractivity contribution in [1.82, 2.24) is 0 Å². The SMILES string of the molecule is CC\C=C/C=C\C=C/C=C\C=C/CCCCCC(=O)OCC(COC(=O)CCCCCCCCC/C=C\CCCCCCCCCC)OC(=O)CCCCCCC/C=C\CCCCCCCCC. The molecular weight excluding hydrogens is 841 g/mol. The van der Waals surface area contributed by atoms with Gasteiger partial charge in [0.2, 0.25) is 0 Å². The van der Waals surface area contributed by atoms with Gasteiger partial charge in [0, 0.05) is 19.3 Å². The lowest BCUT2D eigenvalue weighted by atomic mass is 10.1. The van der Waals surface area contributed by atoms with Crippen LogP contribution < -0.4 is 0 Å². The van der Waals surface area contributed by atoms with E-state index in [9.17, 15) is 14.4 Å². The minimum Gasteiger partial charge on any atom is -0.462 e. The highest BCUT2D eigenvalue weighted by molar-refractivity contribution is 5.71. The first kappa shape index (κ1) is 64.6. The Morgan fingerprint density at radius 2 is 0.588 bits per heavy atom. The van der Waals surface area contributed by atoms with Gasteiger partial charge in [-0.25, -0.2) is 0 Å². The van der Waals surface area contributed by atoms with E-state index in [0.29, 0.717) is 19.3 Å². The second-order valence-corrected chi connectivity index (χ2v) is 18.9. The summed E-state index contributed by atoms with van der Waals surface area (Å²) in [5, 5.41) is 0. The molecule has 0 aromatic heterocycles. The fourth-order valence-corrected chi connectivity index (χ4v) is 7.92. The zero-order valence-corrected chi connectivity index (χ0v) is 44.6. The molecule has 0 saturated heterocycles. The molecule has 1 atom stereocenters. The Kier molecular flexibility index (Phi) is 53.4. The predicted molar refractivity (Wildman–Crippen MR) is 293 cm³/mol. The molecule has 0 saturated carbocycles. The van der Waals surface area contributed by atoms with Crippen LogP contribution in [0, 0.1) is 0 Å². The van der Waals surface area contributed by atoms with Crippen LogP contribution in [0.3, 0.4) is 0 Å². The minimum absolute atomic E-state index is 0.0958. The van der Waals surface area contributed by atoms with Crippen LogP contribution in [-0.4, -0.2) is 37.2 Å². The number of ether oxygens (including phenoxy) is 3. The van der Waals surface area contributed by atoms with Gasteiger partial charge >= 0.3 is 17.9 Å². The number of carbonyl (C=O) groups excluding carboxylic acids is 3. The highest BCUT2D eigenvalue weighted by Crippen LogP contribution is 2.15. The summed E-state index contributed by atoms with van der Waals surface area (Å²) in [4.78, 5) is 38.1. The van der Waals surface area contributed by atoms with Crippen molar-refractivity contribution in [3.63, 3.8) is 0 Å². The zero-order chi connectivity index (χ0) is 49.3. The van der Waals surface area contributed by atoms with E-state index in [-0.39, 0.29) is 31.1 Å². The summed E-state index contributed by atoms with van der Waals surface area (Å²) in [6.07, 6.45) is 72.9. The van der Waals surface area contributed by atoms with Crippen LogP contribution in [-0.2, 0) is 28.6 Å². The van der Waals surface area contributed by atoms with Crippen LogP contribution >= 0.6 is 0 Å². The van der Waals surface area contributed by atoms with Crippen molar-refractivity contribution >= 4 is 17.9 Å². The molecule has 0 bridgehead atoms. The van der Waals surface area contributed by atoms with E-state index in [1.807, 2.05) is 48.6 Å². The maximum Gasteiger partial charge on any atom is 0.306 e. The Morgan fingerprint density at radius 1 is 0.309 bits per heavy atom. The molecule has 68 heavy (non-hydrogen) atoms. The minimum atomic E-state index is -0.801. The lowest BCUT2D eigenvalue weighted by Gasteiger charge is -2.18. The number of rotatable bonds is 51. The van der Waals surface area contributed by atoms with Crippen molar-refractivity contribution in [2.45, 2.75) is 277 Å². The molecule has 0 heterocycles. The van der Waals surface area contributed by atoms with E-state index in [4.69, 9.17) is 14.2 Å². The first-order chi connectivity index (χ1) is 33.5. The monoisotopic (exact) mass is 947 g/mol. The molecule has 390 valence electrons. The van der Waals surface area contributed by atoms with Crippen LogP contribution in [0.25, 0.3) is 0 Å². The third kappa shape index (κ3) is 53.5. The average Bonchev–Trinajstić information content (AvgIpc) is 3.34. The highest BCUT2D eigenvalue weighted by atomic mass is 16.6. The van der Waals surface area contributed by atoms with Gasteiger partial charge in [-0.1, -0.05) is 247 Å². The molecular formula is C62H106O6. The van der Waals surface area contributed by atoms with Crippen molar-refractivity contribution in [3.05, 3.63) is 85.1 Å². The Morgan fingerprint density at radius 3 is 0.956 bits per heavy atom. The summed E-state index contributed by atoms with van der Waals surface area (Å²) in [6, 6.07) is 0. The molecule has 6 heteroatoms. The quantitative estimate of drug-likeness (QED) is 0.0199. The average molecular weight is 948 g/mol. The summed E-state index contributed by atoms with van der Waals surface area (Å²) in [5.74, 6) is -0.946. The van der Waals surface area contributed by atoms with Crippen LogP contribution in [0.2, 0.25) is 0 Å². The van der Waals surface area contributed by atoms with E-state index in [0.717, 1.165) is 83.5 Å². The summed E-state index contributed by atoms with van der Waals surface area (Å²) >= 11 is 0. The zero-order valence-electron chi connectivity index (χ0n) is 44.6. The first-order valence-corrected chi connectivity index (χ1v) is 28.7. The van der Waals surface area contributed by atoms with Gasteiger partial charge in [-0.05, 0) is 89.9 Å². The van der Waals surface area contributed by atoms with E-state index >= 15 is 0 Å². The number of allylic oxidation sites excluding steroid dienone is 14. The van der Waals surface area contributed by atoms with Crippen molar-refractivity contribution in [2.75, 3.05) is 13.2 Å². The van der Waals surface area contributed by atoms with Gasteiger partial charge in [0.05, 0.1) is 0 Å². The summed E-state index contributed by atoms with van der Waals surface area (Å²) < 4.78 is 16.8. The molecule has 6 nitrogen and oxygen atoms in total. The predicted octanol–water partition coefficient (Wildman–Crippen LogP) is 19.2. The maximum atomic E-state index is 12.8. The van der Waals surface area contributed by atoms with Gasteiger partial charge in [-0.15, -0.1) is 0 Å². The molecule has 0 aromatic rings. The largest absolute Gasteiger partial charge is 0.462 e. The maximum absolute atomic E-state index is 12.8. The topological polar surface area (TPSA) is 78.9 Å². The number of hydrogen-bond donors (Lipinski definition) is 0. The van der Waals surface area contributed by atoms with Crippen LogP contribution in [0.4, 0.5) is 0 Å². The molecule has 0 N–H and O–H groups in total. The Balaban J connectivity index is 4.44. The number of esters is 3. The van der Waals surface area contributed by atoms with E-state index < -0.39 is 6.10 Å². The molecule has 0 fully saturated rings. The third-order valence-corrected chi connectivity index (χ3v) is 12.2. The molecule has 0 spiro atoms. The number of unbranched alkanes of at least 4 members (excludes halogenated alkanes) is 30. The third-order valence-electron chi connectivity index (χ3n) is 12.2. The summed E-state index contributed by atoms with van der Waals surface area (Å²) in [5.41, 5.74) is 0. The van der Waals surface area contributed by atoms with Crippen molar-refractivity contribution in [3.8, 4) is 0 Å². The molecule has 0 amide bonds. The van der Waals surface area contributed by atoms with Crippen LogP contribution in [0.15, 0.2) is 85.1 Å². The van der Waals surface area contributed by atoms with Crippen LogP contribution in [0.5, 0.6) is 0 Å². The summed E-state index contributed by atoms with van der Waals surface area (Å²) in [6.45, 7) is 6.46. The second kappa shape index (κ2) is 56.2. The smallest absolute Gasteiger partial charge is 0.306 e. The lowest BCUT2D eigenvalue weighted by molar-refractivity contribution is -0.167. The highest BCUT2D eigenvalue weighted by Gasteiger charge is 2.19. The van der Waals surface area contributed by atoms with Gasteiger partial charge in [-0.3, -0.25) is 14.4 Å². The second-order valence-electron chi connectivity index (χ2n) is 18.9. The fraction of sp³-hybridized carbons (Fsp3) is 0.726. The normalized spacial score (nSPS) is 12.7. The molecule has 0 rings (SSSR count). The molecule has 0 aliphatic carbocycles. The van der Waals surface area contributed by atoms with Gasteiger partial charge in [0.25, 0.3) is 0 Å². The lowest BCUT2D eigenvalue weighted by Crippen LogP contribution is -2.30. The standard InChI is InChI=1S/C62H106O6/c1-4-7-10-13-16-19-22-25-28-30-31-32-35-37-40-43-46-49-52-55-61(64)67-58-59(57-66-60(63)54-51-48-45-42-39-36-33-27-24-21-18-15-12-9-6-3)68-62(65)56-53-50-47-44-41-38-34-29-26-23-20-17-14-11-8-5-2/h9,12,15,18,21,24,27,29-31,33-34,36,39,59H,4-8,10-11,13-14,16-17,19-20,22-23,25-26,28,32,35,37-38,40-58H2,1-3H3/b12-9-,18-15-,24-21-,31-30-,33-27-,34-29-,39-36-. The molecule has 0 radical (unpaired) electrons. The first-order valence-electron chi connectivity index (χ1n) is 28.7. The fourth-order valence-electron chi connectivity index (χ4n) is 7.92.